The number of halogens is 23. The van der Waals surface area contributed by atoms with Crippen LogP contribution in [0, 0.1) is 0 Å². The molecule has 0 amide bonds. The van der Waals surface area contributed by atoms with Gasteiger partial charge in [-0.1, -0.05) is 39.0 Å². The molecule has 0 saturated heterocycles. The minimum absolute atomic E-state index is 0.0797. The van der Waals surface area contributed by atoms with Gasteiger partial charge in [0.05, 0.1) is 6.61 Å². The summed E-state index contributed by atoms with van der Waals surface area (Å²) in [6, 6.07) is 5.32. The van der Waals surface area contributed by atoms with Crippen molar-refractivity contribution in [1.82, 2.24) is 9.97 Å². The molecule has 0 saturated carbocycles. The molecule has 0 aliphatic heterocycles. The third-order valence-corrected chi connectivity index (χ3v) is 8.25. The van der Waals surface area contributed by atoms with E-state index in [0.717, 1.165) is 55.2 Å². The molecular formula is C33H31F23N2O5. The predicted molar refractivity (Wildman–Crippen MR) is 165 cm³/mol. The molecule has 364 valence electrons. The number of aliphatic hydroxyl groups excluding tert-OH is 1. The number of nitrogens with zero attached hydrogens (tertiary/aromatic N) is 2. The second-order valence-electron chi connectivity index (χ2n) is 13.3. The van der Waals surface area contributed by atoms with E-state index in [1.54, 1.807) is 12.4 Å². The SMILES string of the molecule is CCCCCCCCc1cnc(-c2ccc(OC[C@@H](O)COCC(F)(F)C(F)(F)C(F)(F)C(F)(F)C(F)(F)OC(F)(F)C(F)(F)OC(F)(F)C(F)(F)C(F)(F)C(F)(F)F)cc2)nc1. The molecule has 1 aromatic carbocycles. The maximum absolute atomic E-state index is 14.1. The number of unbranched alkanes of at least 4 members (excludes halogenated alkanes) is 5. The molecule has 2 aromatic rings. The van der Waals surface area contributed by atoms with Crippen LogP contribution in [-0.4, -0.2) is 107 Å². The second kappa shape index (κ2) is 19.4. The van der Waals surface area contributed by atoms with Crippen molar-refractivity contribution in [3.8, 4) is 17.1 Å². The number of aryl methyl sites for hydroxylation is 1. The molecule has 0 aliphatic carbocycles. The highest BCUT2D eigenvalue weighted by atomic mass is 19.4. The van der Waals surface area contributed by atoms with Gasteiger partial charge in [0.2, 0.25) is 0 Å². The molecule has 1 atom stereocenters. The van der Waals surface area contributed by atoms with Crippen molar-refractivity contribution in [3.63, 3.8) is 0 Å². The predicted octanol–water partition coefficient (Wildman–Crippen LogP) is 11.6. The first-order valence-corrected chi connectivity index (χ1v) is 17.3. The quantitative estimate of drug-likeness (QED) is 0.0743. The van der Waals surface area contributed by atoms with Crippen LogP contribution in [0.4, 0.5) is 101 Å². The molecule has 7 nitrogen and oxygen atoms in total. The van der Waals surface area contributed by atoms with Crippen LogP contribution < -0.4 is 4.74 Å². The Balaban J connectivity index is 2.06. The van der Waals surface area contributed by atoms with Crippen LogP contribution >= 0.6 is 0 Å². The maximum Gasteiger partial charge on any atom is 0.460 e. The normalized spacial score (nSPS) is 15.2. The van der Waals surface area contributed by atoms with Crippen molar-refractivity contribution in [2.45, 2.75) is 124 Å². The van der Waals surface area contributed by atoms with E-state index in [1.807, 2.05) is 0 Å². The molecule has 0 radical (unpaired) electrons. The zero-order valence-corrected chi connectivity index (χ0v) is 31.3. The average molecular weight is 973 g/mol. The Morgan fingerprint density at radius 1 is 0.524 bits per heavy atom. The van der Waals surface area contributed by atoms with Gasteiger partial charge in [0.15, 0.2) is 5.82 Å². The van der Waals surface area contributed by atoms with Crippen molar-refractivity contribution in [3.05, 3.63) is 42.2 Å². The van der Waals surface area contributed by atoms with Gasteiger partial charge in [-0.25, -0.2) is 19.4 Å². The van der Waals surface area contributed by atoms with Gasteiger partial charge < -0.3 is 14.6 Å². The monoisotopic (exact) mass is 972 g/mol. The number of aromatic nitrogens is 2. The lowest BCUT2D eigenvalue weighted by Crippen LogP contribution is -2.70. The molecule has 1 aromatic heterocycles. The van der Waals surface area contributed by atoms with E-state index in [4.69, 9.17) is 4.74 Å². The number of alkyl halides is 23. The number of ether oxygens (including phenoxy) is 4. The molecular weight excluding hydrogens is 941 g/mol. The third kappa shape index (κ3) is 12.0. The summed E-state index contributed by atoms with van der Waals surface area (Å²) in [4.78, 5) is 8.48. The Labute approximate surface area is 338 Å². The number of hydrogen-bond acceptors (Lipinski definition) is 7. The van der Waals surface area contributed by atoms with E-state index < -0.39 is 92.1 Å². The van der Waals surface area contributed by atoms with Crippen LogP contribution in [-0.2, 0) is 20.6 Å². The lowest BCUT2D eigenvalue weighted by Gasteiger charge is -2.40. The van der Waals surface area contributed by atoms with Gasteiger partial charge in [0, 0.05) is 18.0 Å². The lowest BCUT2D eigenvalue weighted by molar-refractivity contribution is -0.558. The summed E-state index contributed by atoms with van der Waals surface area (Å²) in [6.45, 7) is -3.73. The molecule has 0 unspecified atom stereocenters. The van der Waals surface area contributed by atoms with Gasteiger partial charge in [-0.15, -0.1) is 0 Å². The molecule has 0 spiro atoms. The van der Waals surface area contributed by atoms with Crippen LogP contribution in [0.15, 0.2) is 36.7 Å². The van der Waals surface area contributed by atoms with Crippen molar-refractivity contribution in [1.29, 1.82) is 0 Å². The van der Waals surface area contributed by atoms with Crippen molar-refractivity contribution in [2.24, 2.45) is 0 Å². The van der Waals surface area contributed by atoms with Gasteiger partial charge in [0.25, 0.3) is 0 Å². The van der Waals surface area contributed by atoms with Crippen LogP contribution in [0.2, 0.25) is 0 Å². The van der Waals surface area contributed by atoms with E-state index in [1.165, 1.54) is 29.0 Å². The number of rotatable bonds is 26. The van der Waals surface area contributed by atoms with Gasteiger partial charge >= 0.3 is 66.1 Å². The summed E-state index contributed by atoms with van der Waals surface area (Å²) in [5, 5.41) is 9.84. The second-order valence-corrected chi connectivity index (χ2v) is 13.3. The fourth-order valence-electron chi connectivity index (χ4n) is 4.64. The Kier molecular flexibility index (Phi) is 17.1. The number of benzene rings is 1. The molecule has 63 heavy (non-hydrogen) atoms. The molecule has 30 heteroatoms. The summed E-state index contributed by atoms with van der Waals surface area (Å²) in [6.07, 6.45) is -33.0. The molecule has 0 fully saturated rings. The van der Waals surface area contributed by atoms with Crippen molar-refractivity contribution < 1.29 is 125 Å². The summed E-state index contributed by atoms with van der Waals surface area (Å²) in [5.74, 6) is -48.3. The Hall–Kier alpha value is -3.67. The van der Waals surface area contributed by atoms with Gasteiger partial charge in [-0.2, -0.15) is 101 Å². The summed E-state index contributed by atoms with van der Waals surface area (Å²) in [5.41, 5.74) is 1.31. The number of hydrogen-bond donors (Lipinski definition) is 1. The fraction of sp³-hybridized carbons (Fsp3) is 0.697. The van der Waals surface area contributed by atoms with E-state index >= 15 is 0 Å². The molecule has 2 rings (SSSR count). The first-order chi connectivity index (χ1) is 28.3. The first kappa shape index (κ1) is 55.5. The van der Waals surface area contributed by atoms with E-state index in [-0.39, 0.29) is 11.6 Å². The van der Waals surface area contributed by atoms with Gasteiger partial charge in [-0.3, -0.25) is 0 Å². The first-order valence-electron chi connectivity index (χ1n) is 17.3. The summed E-state index contributed by atoms with van der Waals surface area (Å²) < 4.78 is 321. The Bertz CT molecular complexity index is 1740. The highest BCUT2D eigenvalue weighted by Crippen LogP contribution is 2.60. The van der Waals surface area contributed by atoms with Crippen LogP contribution in [0.5, 0.6) is 5.75 Å². The zero-order chi connectivity index (χ0) is 48.9. The van der Waals surface area contributed by atoms with Crippen molar-refractivity contribution >= 4 is 0 Å². The maximum atomic E-state index is 14.1. The topological polar surface area (TPSA) is 82.9 Å². The zero-order valence-electron chi connectivity index (χ0n) is 31.3. The smallest absolute Gasteiger partial charge is 0.460 e. The molecule has 1 N–H and O–H groups in total. The van der Waals surface area contributed by atoms with Crippen LogP contribution in [0.25, 0.3) is 11.4 Å². The van der Waals surface area contributed by atoms with E-state index in [0.29, 0.717) is 5.56 Å². The Morgan fingerprint density at radius 3 is 1.43 bits per heavy atom. The van der Waals surface area contributed by atoms with Gasteiger partial charge in [0.1, 0.15) is 25.1 Å². The summed E-state index contributed by atoms with van der Waals surface area (Å²) in [7, 11) is 0. The van der Waals surface area contributed by atoms with E-state index in [2.05, 4.69) is 21.6 Å². The van der Waals surface area contributed by atoms with Crippen LogP contribution in [0.1, 0.15) is 51.0 Å². The van der Waals surface area contributed by atoms with Gasteiger partial charge in [-0.05, 0) is 42.7 Å². The minimum atomic E-state index is -8.63. The minimum Gasteiger partial charge on any atom is -0.491 e. The summed E-state index contributed by atoms with van der Waals surface area (Å²) >= 11 is 0. The molecule has 0 bridgehead atoms. The molecule has 1 heterocycles. The van der Waals surface area contributed by atoms with Crippen LogP contribution in [0.3, 0.4) is 0 Å². The average Bonchev–Trinajstić information content (AvgIpc) is 3.14. The standard InChI is InChI=1S/C33H31F23N2O5/c1-2-3-4-5-6-7-8-18-13-57-22(58-14-18)19-9-11-21(12-10-19)61-16-20(59)15-60-17-23(34,35)24(36,37)25(38,39)27(42,43)30(49,50)62-32(53,54)33(55,56)63-31(51,52)28(44,45)26(40,41)29(46,47)48/h9-14,20,59H,2-8,15-17H2,1H3/t20-/m0/s1. The third-order valence-electron chi connectivity index (χ3n) is 8.25. The van der Waals surface area contributed by atoms with E-state index in [9.17, 15) is 106 Å². The van der Waals surface area contributed by atoms with Crippen molar-refractivity contribution in [2.75, 3.05) is 19.8 Å². The number of aliphatic hydroxyl groups is 1. The Morgan fingerprint density at radius 2 is 0.968 bits per heavy atom. The molecule has 0 aliphatic rings. The highest BCUT2D eigenvalue weighted by molar-refractivity contribution is 5.55. The largest absolute Gasteiger partial charge is 0.491 e. The highest BCUT2D eigenvalue weighted by Gasteiger charge is 2.89. The fourth-order valence-corrected chi connectivity index (χ4v) is 4.64. The lowest BCUT2D eigenvalue weighted by atomic mass is 9.98.